The molecule has 266 valence electrons. The lowest BCUT2D eigenvalue weighted by Gasteiger charge is -2.43. The van der Waals surface area contributed by atoms with Crippen molar-refractivity contribution in [1.82, 2.24) is 14.5 Å². The zero-order chi connectivity index (χ0) is 34.8. The molecule has 1 unspecified atom stereocenters. The summed E-state index contributed by atoms with van der Waals surface area (Å²) < 4.78 is 35.7. The van der Waals surface area contributed by atoms with E-state index in [0.717, 1.165) is 57.2 Å². The van der Waals surface area contributed by atoms with Gasteiger partial charge in [-0.3, -0.25) is 19.0 Å². The van der Waals surface area contributed by atoms with Crippen LogP contribution in [0.15, 0.2) is 65.3 Å². The molecule has 1 aromatic heterocycles. The van der Waals surface area contributed by atoms with Crippen LogP contribution < -0.4 is 14.4 Å². The van der Waals surface area contributed by atoms with E-state index in [0.29, 0.717) is 53.8 Å². The number of fused-ring (bicyclic) bond motifs is 3. The van der Waals surface area contributed by atoms with Crippen LogP contribution in [-0.2, 0) is 27.6 Å². The molecule has 0 saturated heterocycles. The molecule has 2 fully saturated rings. The van der Waals surface area contributed by atoms with Gasteiger partial charge in [-0.2, -0.15) is 5.10 Å². The third-order valence-electron chi connectivity index (χ3n) is 10.4. The lowest BCUT2D eigenvalue weighted by atomic mass is 9.70. The van der Waals surface area contributed by atoms with E-state index in [2.05, 4.69) is 43.4 Å². The Labute approximate surface area is 299 Å². The number of aryl methyl sites for hydroxylation is 1. The van der Waals surface area contributed by atoms with E-state index in [4.69, 9.17) is 21.1 Å². The van der Waals surface area contributed by atoms with E-state index < -0.39 is 21.7 Å². The number of carbonyl (C=O) groups is 2. The summed E-state index contributed by atoms with van der Waals surface area (Å²) in [5.41, 5.74) is 3.75. The largest absolute Gasteiger partial charge is 0.491 e. The van der Waals surface area contributed by atoms with E-state index in [-0.39, 0.29) is 23.3 Å². The summed E-state index contributed by atoms with van der Waals surface area (Å²) in [6.45, 7) is 3.83. The van der Waals surface area contributed by atoms with Gasteiger partial charge in [0.1, 0.15) is 15.7 Å². The monoisotopic (exact) mass is 719 g/mol. The van der Waals surface area contributed by atoms with Gasteiger partial charge >= 0.3 is 0 Å². The van der Waals surface area contributed by atoms with Gasteiger partial charge in [-0.1, -0.05) is 36.7 Å². The third kappa shape index (κ3) is 7.95. The predicted molar refractivity (Wildman–Crippen MR) is 195 cm³/mol. The number of amides is 2. The van der Waals surface area contributed by atoms with Crippen LogP contribution in [0.2, 0.25) is 5.02 Å². The average molecular weight is 720 g/mol. The molecule has 0 spiro atoms. The Hall–Kier alpha value is -3.67. The standard InChI is InChI=1S/C38H46ClN5O5S/c1-25-6-5-8-35(48-2)33-15-10-29(33)22-43-21-28-9-12-31(39)18-26(28)7-3-4-17-49-36-16-11-27(19-34(36)43)37(45)41-50(47,24-25)42-38(46)30-20-40-44(23-30)32-13-14-32/h5,8-9,11-12,16,18-20,23,25,29,32-33,35H,3-4,6-7,10,13-15,17,21-22,24H2,1-2H3,(H,41,42,45,46,47)/b8-5+/t25-,29-,33+,35-,50?/m0/s1. The smallest absolute Gasteiger partial charge is 0.286 e. The maximum Gasteiger partial charge on any atom is 0.286 e. The van der Waals surface area contributed by atoms with Crippen molar-refractivity contribution in [2.75, 3.05) is 30.9 Å². The summed E-state index contributed by atoms with van der Waals surface area (Å²) in [6, 6.07) is 11.7. The maximum atomic E-state index is 14.5. The molecule has 2 aliphatic carbocycles. The van der Waals surface area contributed by atoms with Crippen molar-refractivity contribution in [1.29, 1.82) is 0 Å². The van der Waals surface area contributed by atoms with Crippen molar-refractivity contribution in [2.45, 2.75) is 77.0 Å². The molecule has 7 rings (SSSR count). The minimum atomic E-state index is -3.53. The fourth-order valence-corrected chi connectivity index (χ4v) is 9.46. The Bertz CT molecular complexity index is 1900. The van der Waals surface area contributed by atoms with Crippen LogP contribution >= 0.6 is 11.6 Å². The maximum absolute atomic E-state index is 14.5. The highest BCUT2D eigenvalue weighted by atomic mass is 35.5. The Balaban J connectivity index is 1.30. The molecule has 2 amide bonds. The number of allylic oxidation sites excluding steroid dienone is 1. The summed E-state index contributed by atoms with van der Waals surface area (Å²) in [5.74, 6) is 0.0358. The number of hydrogen-bond donors (Lipinski definition) is 1. The SMILES string of the molecule is CO[C@H]1/C=C/C[C@H](C)CS(=O)(NC(=O)c2cnn(C3CC3)c2)=NC(=O)c2ccc3c(c2)N(Cc2ccc(Cl)cc2CCCCO3)C[C@@H]2CC[C@H]21. The molecular weight excluding hydrogens is 674 g/mol. The molecule has 10 nitrogen and oxygen atoms in total. The van der Waals surface area contributed by atoms with Gasteiger partial charge in [-0.15, -0.1) is 4.36 Å². The fraction of sp³-hybridized carbons (Fsp3) is 0.500. The van der Waals surface area contributed by atoms with Crippen molar-refractivity contribution in [3.05, 3.63) is 88.2 Å². The Kier molecular flexibility index (Phi) is 10.4. The van der Waals surface area contributed by atoms with Crippen molar-refractivity contribution in [3.8, 4) is 5.75 Å². The first-order chi connectivity index (χ1) is 24.2. The second-order valence-corrected chi connectivity index (χ2v) is 16.8. The first-order valence-corrected chi connectivity index (χ1v) is 19.9. The number of halogens is 1. The molecule has 5 atom stereocenters. The number of benzene rings is 2. The van der Waals surface area contributed by atoms with Crippen LogP contribution in [0.1, 0.15) is 89.8 Å². The van der Waals surface area contributed by atoms with Gasteiger partial charge in [-0.05, 0) is 111 Å². The van der Waals surface area contributed by atoms with E-state index in [1.165, 1.54) is 17.3 Å². The van der Waals surface area contributed by atoms with Gasteiger partial charge in [0.05, 0.1) is 42.0 Å². The highest BCUT2D eigenvalue weighted by Crippen LogP contribution is 2.42. The molecule has 12 heteroatoms. The first-order valence-electron chi connectivity index (χ1n) is 17.8. The van der Waals surface area contributed by atoms with Crippen molar-refractivity contribution in [2.24, 2.45) is 22.1 Å². The Morgan fingerprint density at radius 2 is 1.96 bits per heavy atom. The lowest BCUT2D eigenvalue weighted by Crippen LogP contribution is -2.43. The van der Waals surface area contributed by atoms with Gasteiger partial charge in [0.2, 0.25) is 0 Å². The summed E-state index contributed by atoms with van der Waals surface area (Å²) >= 11 is 6.46. The van der Waals surface area contributed by atoms with Crippen LogP contribution in [0.4, 0.5) is 5.69 Å². The van der Waals surface area contributed by atoms with Crippen LogP contribution in [0.25, 0.3) is 0 Å². The second kappa shape index (κ2) is 14.9. The summed E-state index contributed by atoms with van der Waals surface area (Å²) in [7, 11) is -1.77. The zero-order valence-corrected chi connectivity index (χ0v) is 30.3. The van der Waals surface area contributed by atoms with Crippen molar-refractivity contribution >= 4 is 39.0 Å². The lowest BCUT2D eigenvalue weighted by molar-refractivity contribution is 0.0133. The summed E-state index contributed by atoms with van der Waals surface area (Å²) in [4.78, 5) is 29.7. The number of ether oxygens (including phenoxy) is 2. The minimum absolute atomic E-state index is 0.00874. The molecule has 4 aliphatic rings. The molecule has 2 bridgehead atoms. The number of hydrogen-bond acceptors (Lipinski definition) is 7. The highest BCUT2D eigenvalue weighted by Gasteiger charge is 2.38. The van der Waals surface area contributed by atoms with Crippen molar-refractivity contribution < 1.29 is 23.3 Å². The number of aromatic nitrogens is 2. The van der Waals surface area contributed by atoms with Crippen LogP contribution in [0, 0.1) is 17.8 Å². The van der Waals surface area contributed by atoms with E-state index in [1.54, 1.807) is 24.1 Å². The van der Waals surface area contributed by atoms with Crippen LogP contribution in [-0.4, -0.2) is 57.9 Å². The summed E-state index contributed by atoms with van der Waals surface area (Å²) in [6.07, 6.45) is 14.8. The van der Waals surface area contributed by atoms with E-state index in [9.17, 15) is 13.8 Å². The number of carbonyl (C=O) groups excluding carboxylic acids is 2. The number of anilines is 1. The number of nitrogens with one attached hydrogen (secondary N) is 1. The summed E-state index contributed by atoms with van der Waals surface area (Å²) in [5, 5.41) is 5.03. The van der Waals surface area contributed by atoms with Gasteiger partial charge in [0.25, 0.3) is 11.8 Å². The highest BCUT2D eigenvalue weighted by molar-refractivity contribution is 7.92. The Morgan fingerprint density at radius 1 is 1.10 bits per heavy atom. The molecule has 50 heavy (non-hydrogen) atoms. The van der Waals surface area contributed by atoms with Gasteiger partial charge in [0, 0.05) is 37.0 Å². The minimum Gasteiger partial charge on any atom is -0.491 e. The average Bonchev–Trinajstić information content (AvgIpc) is 3.81. The van der Waals surface area contributed by atoms with Crippen molar-refractivity contribution in [3.63, 3.8) is 0 Å². The van der Waals surface area contributed by atoms with E-state index in [1.807, 2.05) is 25.1 Å². The molecule has 0 radical (unpaired) electrons. The van der Waals surface area contributed by atoms with Crippen LogP contribution in [0.5, 0.6) is 5.75 Å². The number of nitrogens with zero attached hydrogens (tertiary/aromatic N) is 4. The van der Waals surface area contributed by atoms with Gasteiger partial charge < -0.3 is 14.4 Å². The topological polar surface area (TPSA) is 115 Å². The first kappa shape index (κ1) is 34.8. The molecule has 2 saturated carbocycles. The van der Waals surface area contributed by atoms with Gasteiger partial charge in [0.15, 0.2) is 0 Å². The normalized spacial score (nSPS) is 28.1. The number of methoxy groups -OCH3 is 1. The molecule has 2 aliphatic heterocycles. The molecule has 1 N–H and O–H groups in total. The molecule has 3 heterocycles. The Morgan fingerprint density at radius 3 is 2.74 bits per heavy atom. The molecule has 2 aromatic carbocycles. The quantitative estimate of drug-likeness (QED) is 0.284. The zero-order valence-electron chi connectivity index (χ0n) is 28.8. The third-order valence-corrected chi connectivity index (χ3v) is 12.7. The van der Waals surface area contributed by atoms with Crippen LogP contribution in [0.3, 0.4) is 0 Å². The predicted octanol–water partition coefficient (Wildman–Crippen LogP) is 7.18. The fourth-order valence-electron chi connectivity index (χ4n) is 7.37. The molecular formula is C38H46ClN5O5S. The number of rotatable bonds is 4. The molecule has 3 aromatic rings. The second-order valence-electron chi connectivity index (χ2n) is 14.3. The van der Waals surface area contributed by atoms with E-state index >= 15 is 0 Å². The van der Waals surface area contributed by atoms with Gasteiger partial charge in [-0.25, -0.2) is 4.21 Å².